The molecule has 4 rings (SSSR count). The maximum atomic E-state index is 15.7. The number of nitrogens with zero attached hydrogens (tertiary/aromatic N) is 2. The lowest BCUT2D eigenvalue weighted by Crippen LogP contribution is -2.49. The highest BCUT2D eigenvalue weighted by Gasteiger charge is 2.41. The minimum absolute atomic E-state index is 0.0240. The van der Waals surface area contributed by atoms with Crippen molar-refractivity contribution in [2.24, 2.45) is 5.41 Å². The zero-order valence-corrected chi connectivity index (χ0v) is 21.7. The van der Waals surface area contributed by atoms with E-state index in [9.17, 15) is 18.8 Å². The van der Waals surface area contributed by atoms with Crippen LogP contribution in [0.3, 0.4) is 0 Å². The van der Waals surface area contributed by atoms with Gasteiger partial charge in [0, 0.05) is 42.0 Å². The lowest BCUT2D eigenvalue weighted by molar-refractivity contribution is -0.143. The van der Waals surface area contributed by atoms with Crippen LogP contribution in [-0.4, -0.2) is 54.3 Å². The molecular weight excluding hydrogens is 521 g/mol. The summed E-state index contributed by atoms with van der Waals surface area (Å²) in [7, 11) is 1.52. The molecule has 38 heavy (non-hydrogen) atoms. The van der Waals surface area contributed by atoms with Gasteiger partial charge in [-0.1, -0.05) is 11.6 Å². The zero-order valence-electron chi connectivity index (χ0n) is 20.9. The predicted molar refractivity (Wildman–Crippen MR) is 139 cm³/mol. The summed E-state index contributed by atoms with van der Waals surface area (Å²) in [4.78, 5) is 19.1. The van der Waals surface area contributed by atoms with E-state index in [0.717, 1.165) is 6.07 Å². The molecule has 1 amide bonds. The quantitative estimate of drug-likeness (QED) is 0.223. The van der Waals surface area contributed by atoms with E-state index in [-0.39, 0.29) is 17.9 Å². The number of fused-ring (bicyclic) bond motifs is 1. The third-order valence-corrected chi connectivity index (χ3v) is 7.58. The normalized spacial score (nSPS) is 16.3. The molecule has 1 aliphatic rings. The van der Waals surface area contributed by atoms with Gasteiger partial charge in [0.05, 0.1) is 23.1 Å². The molecule has 1 aromatic heterocycles. The van der Waals surface area contributed by atoms with Crippen LogP contribution in [0.25, 0.3) is 10.9 Å². The van der Waals surface area contributed by atoms with Crippen molar-refractivity contribution in [2.75, 3.05) is 38.6 Å². The van der Waals surface area contributed by atoms with E-state index in [4.69, 9.17) is 16.3 Å². The molecule has 2 heterocycles. The first-order valence-electron chi connectivity index (χ1n) is 12.4. The molecule has 11 heteroatoms. The van der Waals surface area contributed by atoms with Gasteiger partial charge in [-0.25, -0.2) is 18.7 Å². The molecule has 3 aromatic rings. The Morgan fingerprint density at radius 3 is 2.58 bits per heavy atom. The van der Waals surface area contributed by atoms with Crippen LogP contribution in [0, 0.1) is 17.0 Å². The maximum absolute atomic E-state index is 15.7. The van der Waals surface area contributed by atoms with E-state index in [1.807, 2.05) is 0 Å². The number of aromatic nitrogens is 1. The van der Waals surface area contributed by atoms with Gasteiger partial charge in [-0.2, -0.15) is 0 Å². The average Bonchev–Trinajstić information content (AvgIpc) is 2.91. The Morgan fingerprint density at radius 1 is 1.21 bits per heavy atom. The van der Waals surface area contributed by atoms with Gasteiger partial charge in [0.25, 0.3) is 0 Å². The van der Waals surface area contributed by atoms with Crippen molar-refractivity contribution < 1.29 is 27.9 Å². The number of methoxy groups -OCH3 is 1. The van der Waals surface area contributed by atoms with Gasteiger partial charge in [-0.3, -0.25) is 15.0 Å². The zero-order chi connectivity index (χ0) is 27.3. The Morgan fingerprint density at radius 2 is 1.92 bits per heavy atom. The fourth-order valence-electron chi connectivity index (χ4n) is 5.09. The number of carbonyl (C=O) groups is 1. The number of pyridine rings is 1. The van der Waals surface area contributed by atoms with Crippen molar-refractivity contribution in [3.8, 4) is 5.75 Å². The monoisotopic (exact) mass is 550 g/mol. The summed E-state index contributed by atoms with van der Waals surface area (Å²) in [5, 5.41) is 13.2. The van der Waals surface area contributed by atoms with Crippen molar-refractivity contribution >= 4 is 34.1 Å². The minimum Gasteiger partial charge on any atom is -0.497 e. The number of anilines is 1. The molecule has 1 saturated heterocycles. The number of hydroxylamine groups is 1. The molecule has 0 bridgehead atoms. The Hall–Kier alpha value is -3.08. The molecule has 0 unspecified atom stereocenters. The van der Waals surface area contributed by atoms with Crippen molar-refractivity contribution in [2.45, 2.75) is 31.9 Å². The van der Waals surface area contributed by atoms with E-state index in [2.05, 4.69) is 15.2 Å². The number of piperidine rings is 1. The molecule has 0 aliphatic carbocycles. The van der Waals surface area contributed by atoms with Gasteiger partial charge in [0.2, 0.25) is 5.91 Å². The molecule has 2 aromatic carbocycles. The van der Waals surface area contributed by atoms with Crippen LogP contribution in [0.1, 0.15) is 37.4 Å². The predicted octanol–water partition coefficient (Wildman–Crippen LogP) is 5.67. The fraction of sp³-hybridized carbons (Fsp3) is 0.407. The van der Waals surface area contributed by atoms with Crippen molar-refractivity contribution in [1.82, 2.24) is 15.4 Å². The topological polar surface area (TPSA) is 86.7 Å². The first kappa shape index (κ1) is 27.9. The first-order chi connectivity index (χ1) is 18.2. The van der Waals surface area contributed by atoms with Crippen molar-refractivity contribution in [3.63, 3.8) is 0 Å². The van der Waals surface area contributed by atoms with Gasteiger partial charge in [-0.05, 0) is 69.1 Å². The molecule has 0 saturated carbocycles. The number of hydrogen-bond acceptors (Lipinski definition) is 6. The number of nitrogens with one attached hydrogen (secondary N) is 2. The Kier molecular flexibility index (Phi) is 8.96. The average molecular weight is 551 g/mol. The Balaban J connectivity index is 1.39. The third-order valence-electron chi connectivity index (χ3n) is 7.27. The van der Waals surface area contributed by atoms with Gasteiger partial charge >= 0.3 is 0 Å². The highest BCUT2D eigenvalue weighted by atomic mass is 35.5. The summed E-state index contributed by atoms with van der Waals surface area (Å²) in [6.07, 6.45) is 1.02. The molecular formula is C27H30ClF3N4O3. The number of alkyl halides is 1. The van der Waals surface area contributed by atoms with Gasteiger partial charge < -0.3 is 15.0 Å². The summed E-state index contributed by atoms with van der Waals surface area (Å²) < 4.78 is 47.7. The Labute approximate surface area is 223 Å². The number of benzene rings is 2. The molecule has 0 spiro atoms. The van der Waals surface area contributed by atoms with E-state index in [0.29, 0.717) is 66.9 Å². The second-order valence-electron chi connectivity index (χ2n) is 9.56. The highest BCUT2D eigenvalue weighted by molar-refractivity contribution is 6.32. The number of rotatable bonds is 10. The molecule has 3 N–H and O–H groups in total. The van der Waals surface area contributed by atoms with E-state index in [1.54, 1.807) is 23.7 Å². The van der Waals surface area contributed by atoms with Crippen molar-refractivity contribution in [1.29, 1.82) is 0 Å². The van der Waals surface area contributed by atoms with Crippen LogP contribution < -0.4 is 15.5 Å². The molecule has 1 aliphatic heterocycles. The summed E-state index contributed by atoms with van der Waals surface area (Å²) in [5.41, 5.74) is 2.06. The molecule has 1 fully saturated rings. The SMILES string of the molecule is COc1ccc2ncc(Cl)c([C@H](F)CCC3(C(=O)NO)CCN(CCNc4cc(F)cc(F)c4)CC3)c2c1. The Bertz CT molecular complexity index is 1270. The molecule has 0 radical (unpaired) electrons. The van der Waals surface area contributed by atoms with E-state index < -0.39 is 29.1 Å². The van der Waals surface area contributed by atoms with Crippen LogP contribution in [0.2, 0.25) is 5.02 Å². The molecule has 1 atom stereocenters. The smallest absolute Gasteiger partial charge is 0.249 e. The van der Waals surface area contributed by atoms with E-state index >= 15 is 4.39 Å². The third kappa shape index (κ3) is 6.31. The first-order valence-corrected chi connectivity index (χ1v) is 12.8. The lowest BCUT2D eigenvalue weighted by Gasteiger charge is -2.40. The van der Waals surface area contributed by atoms with Gasteiger partial charge in [0.15, 0.2) is 0 Å². The summed E-state index contributed by atoms with van der Waals surface area (Å²) >= 11 is 6.35. The number of hydrogen-bond donors (Lipinski definition) is 3. The van der Waals surface area contributed by atoms with Crippen LogP contribution in [-0.2, 0) is 4.79 Å². The van der Waals surface area contributed by atoms with Crippen LogP contribution >= 0.6 is 11.6 Å². The van der Waals surface area contributed by atoms with E-state index in [1.165, 1.54) is 25.4 Å². The standard InChI is InChI=1S/C27H30ClF3N4O3/c1-38-20-2-3-24-21(15-20)25(22(28)16-33-24)23(31)4-5-27(26(36)34-37)6-9-35(10-7-27)11-8-32-19-13-17(29)12-18(30)14-19/h2-3,12-16,23,32,37H,4-11H2,1H3,(H,34,36)/t23-/m1/s1. The second kappa shape index (κ2) is 12.2. The molecule has 7 nitrogen and oxygen atoms in total. The summed E-state index contributed by atoms with van der Waals surface area (Å²) in [5.74, 6) is -1.30. The van der Waals surface area contributed by atoms with Gasteiger partial charge in [0.1, 0.15) is 23.6 Å². The molecule has 204 valence electrons. The number of carbonyl (C=O) groups excluding carboxylic acids is 1. The fourth-order valence-corrected chi connectivity index (χ4v) is 5.36. The van der Waals surface area contributed by atoms with Crippen LogP contribution in [0.5, 0.6) is 5.75 Å². The lowest BCUT2D eigenvalue weighted by atomic mass is 9.73. The number of likely N-dealkylation sites (tertiary alicyclic amines) is 1. The number of ether oxygens (including phenoxy) is 1. The second-order valence-corrected chi connectivity index (χ2v) is 9.96. The largest absolute Gasteiger partial charge is 0.497 e. The summed E-state index contributed by atoms with van der Waals surface area (Å²) in [6, 6.07) is 8.41. The minimum atomic E-state index is -1.46. The maximum Gasteiger partial charge on any atom is 0.249 e. The van der Waals surface area contributed by atoms with Crippen molar-refractivity contribution in [3.05, 3.63) is 64.8 Å². The number of halogens is 4. The van der Waals surface area contributed by atoms with Crippen LogP contribution in [0.4, 0.5) is 18.9 Å². The van der Waals surface area contributed by atoms with Crippen LogP contribution in [0.15, 0.2) is 42.6 Å². The highest BCUT2D eigenvalue weighted by Crippen LogP contribution is 2.42. The number of amides is 1. The summed E-state index contributed by atoms with van der Waals surface area (Å²) in [6.45, 7) is 2.12. The van der Waals surface area contributed by atoms with Gasteiger partial charge in [-0.15, -0.1) is 0 Å².